The maximum Gasteiger partial charge on any atom is 0.335 e. The molecule has 0 spiro atoms. The van der Waals surface area contributed by atoms with Crippen molar-refractivity contribution in [1.82, 2.24) is 4.31 Å². The van der Waals surface area contributed by atoms with E-state index in [0.29, 0.717) is 11.6 Å². The van der Waals surface area contributed by atoms with E-state index in [0.717, 1.165) is 5.56 Å². The van der Waals surface area contributed by atoms with Crippen molar-refractivity contribution in [2.45, 2.75) is 38.7 Å². The zero-order valence-corrected chi connectivity index (χ0v) is 17.2. The van der Waals surface area contributed by atoms with E-state index in [2.05, 4.69) is 19.6 Å². The quantitative estimate of drug-likeness (QED) is 0.537. The molecule has 1 aliphatic heterocycles. The highest BCUT2D eigenvalue weighted by molar-refractivity contribution is 7.89. The molecule has 1 aliphatic rings. The van der Waals surface area contributed by atoms with Gasteiger partial charge in [0.1, 0.15) is 0 Å². The molecule has 7 heteroatoms. The van der Waals surface area contributed by atoms with E-state index in [-0.39, 0.29) is 18.9 Å². The molecule has 1 atom stereocenters. The molecule has 0 amide bonds. The Kier molecular flexibility index (Phi) is 6.24. The summed E-state index contributed by atoms with van der Waals surface area (Å²) < 4.78 is 32.5. The molecule has 0 fully saturated rings. The lowest BCUT2D eigenvalue weighted by Crippen LogP contribution is -2.37. The van der Waals surface area contributed by atoms with Gasteiger partial charge in [-0.3, -0.25) is 0 Å². The molecule has 138 valence electrons. The zero-order chi connectivity index (χ0) is 18.7. The van der Waals surface area contributed by atoms with Gasteiger partial charge < -0.3 is 4.74 Å². The number of rotatable bonds is 7. The first kappa shape index (κ1) is 19.9. The largest absolute Gasteiger partial charge is 0.463 e. The Bertz CT molecular complexity index is 738. The zero-order valence-electron chi connectivity index (χ0n) is 15.4. The molecule has 0 radical (unpaired) electrons. The minimum Gasteiger partial charge on any atom is -0.463 e. The van der Waals surface area contributed by atoms with Gasteiger partial charge in [-0.05, 0) is 18.5 Å². The summed E-state index contributed by atoms with van der Waals surface area (Å²) >= 11 is 0. The Hall–Kier alpha value is -1.44. The van der Waals surface area contributed by atoms with Gasteiger partial charge in [-0.15, -0.1) is 0 Å². The summed E-state index contributed by atoms with van der Waals surface area (Å²) in [5.74, 6) is -0.324. The van der Waals surface area contributed by atoms with Gasteiger partial charge in [0.2, 0.25) is 10.0 Å². The van der Waals surface area contributed by atoms with Crippen molar-refractivity contribution < 1.29 is 17.9 Å². The predicted octanol–water partition coefficient (Wildman–Crippen LogP) is 3.20. The van der Waals surface area contributed by atoms with Crippen LogP contribution in [0.15, 0.2) is 42.0 Å². The summed E-state index contributed by atoms with van der Waals surface area (Å²) in [6.45, 7) is 8.69. The summed E-state index contributed by atoms with van der Waals surface area (Å²) in [7, 11) is -4.95. The average Bonchev–Trinajstić information content (AvgIpc) is 2.99. The lowest BCUT2D eigenvalue weighted by atomic mass is 10.0. The molecule has 1 unspecified atom stereocenters. The third-order valence-electron chi connectivity index (χ3n) is 4.17. The molecule has 0 saturated heterocycles. The van der Waals surface area contributed by atoms with Crippen molar-refractivity contribution in [2.24, 2.45) is 0 Å². The lowest BCUT2D eigenvalue weighted by Gasteiger charge is -2.27. The molecule has 0 N–H and O–H groups in total. The third-order valence-corrected chi connectivity index (χ3v) is 8.07. The second kappa shape index (κ2) is 7.84. The van der Waals surface area contributed by atoms with E-state index in [1.54, 1.807) is 13.0 Å². The highest BCUT2D eigenvalue weighted by Gasteiger charge is 2.40. The van der Waals surface area contributed by atoms with E-state index in [4.69, 9.17) is 4.74 Å². The monoisotopic (exact) mass is 381 g/mol. The SMILES string of the molecule is CCOC(=O)C1=CCN(S(=O)(=O)CC[Si](C)(C)C)C1c1ccccc1. The molecule has 1 heterocycles. The third kappa shape index (κ3) is 5.02. The number of carbonyl (C=O) groups is 1. The van der Waals surface area contributed by atoms with Gasteiger partial charge in [-0.1, -0.05) is 56.0 Å². The normalized spacial score (nSPS) is 18.9. The summed E-state index contributed by atoms with van der Waals surface area (Å²) in [5, 5.41) is 0. The molecule has 2 rings (SSSR count). The Morgan fingerprint density at radius 3 is 2.44 bits per heavy atom. The molecule has 1 aromatic carbocycles. The first-order chi connectivity index (χ1) is 11.7. The summed E-state index contributed by atoms with van der Waals surface area (Å²) in [4.78, 5) is 12.3. The Morgan fingerprint density at radius 2 is 1.88 bits per heavy atom. The smallest absolute Gasteiger partial charge is 0.335 e. The number of carbonyl (C=O) groups excluding carboxylic acids is 1. The highest BCUT2D eigenvalue weighted by atomic mass is 32.2. The minimum absolute atomic E-state index is 0.121. The van der Waals surface area contributed by atoms with Gasteiger partial charge in [0, 0.05) is 14.6 Å². The Labute approximate surface area is 151 Å². The van der Waals surface area contributed by atoms with Crippen LogP contribution in [-0.4, -0.2) is 45.7 Å². The first-order valence-electron chi connectivity index (χ1n) is 8.57. The number of esters is 1. The number of benzene rings is 1. The van der Waals surface area contributed by atoms with Crippen LogP contribution in [0.1, 0.15) is 18.5 Å². The van der Waals surface area contributed by atoms with Crippen molar-refractivity contribution in [2.75, 3.05) is 18.9 Å². The second-order valence-corrected chi connectivity index (χ2v) is 15.1. The minimum atomic E-state index is -3.46. The van der Waals surface area contributed by atoms with E-state index >= 15 is 0 Å². The molecule has 0 aromatic heterocycles. The van der Waals surface area contributed by atoms with Crippen molar-refractivity contribution in [3.63, 3.8) is 0 Å². The van der Waals surface area contributed by atoms with Crippen LogP contribution in [0.4, 0.5) is 0 Å². The topological polar surface area (TPSA) is 63.7 Å². The highest BCUT2D eigenvalue weighted by Crippen LogP contribution is 2.36. The summed E-state index contributed by atoms with van der Waals surface area (Å²) in [6.07, 6.45) is 1.68. The fourth-order valence-electron chi connectivity index (χ4n) is 2.78. The molecular formula is C18H27NO4SSi. The summed E-state index contributed by atoms with van der Waals surface area (Å²) in [6, 6.07) is 9.37. The van der Waals surface area contributed by atoms with E-state index in [1.807, 2.05) is 30.3 Å². The van der Waals surface area contributed by atoms with Crippen molar-refractivity contribution in [3.8, 4) is 0 Å². The van der Waals surface area contributed by atoms with Crippen molar-refractivity contribution in [3.05, 3.63) is 47.5 Å². The standard InChI is InChI=1S/C18H27NO4SSi/c1-5-23-18(20)16-11-12-19(17(16)15-9-7-6-8-10-15)24(21,22)13-14-25(2,3)4/h6-11,17H,5,12-14H2,1-4H3. The van der Waals surface area contributed by atoms with Crippen LogP contribution >= 0.6 is 0 Å². The predicted molar refractivity (Wildman–Crippen MR) is 103 cm³/mol. The first-order valence-corrected chi connectivity index (χ1v) is 13.9. The number of ether oxygens (including phenoxy) is 1. The van der Waals surface area contributed by atoms with Gasteiger partial charge in [-0.2, -0.15) is 4.31 Å². The molecule has 25 heavy (non-hydrogen) atoms. The number of sulfonamides is 1. The fourth-order valence-corrected chi connectivity index (χ4v) is 7.35. The van der Waals surface area contributed by atoms with Crippen molar-refractivity contribution >= 4 is 24.1 Å². The van der Waals surface area contributed by atoms with Crippen LogP contribution in [-0.2, 0) is 19.6 Å². The van der Waals surface area contributed by atoms with Gasteiger partial charge >= 0.3 is 5.97 Å². The van der Waals surface area contributed by atoms with Crippen LogP contribution in [0.25, 0.3) is 0 Å². The molecule has 5 nitrogen and oxygen atoms in total. The molecule has 1 aromatic rings. The lowest BCUT2D eigenvalue weighted by molar-refractivity contribution is -0.138. The molecule has 0 saturated carbocycles. The van der Waals surface area contributed by atoms with Crippen LogP contribution in [0.2, 0.25) is 25.7 Å². The Balaban J connectivity index is 2.33. The van der Waals surface area contributed by atoms with Crippen LogP contribution in [0.3, 0.4) is 0 Å². The molecule has 0 bridgehead atoms. The van der Waals surface area contributed by atoms with Gasteiger partial charge in [0.25, 0.3) is 0 Å². The number of nitrogens with zero attached hydrogens (tertiary/aromatic N) is 1. The maximum absolute atomic E-state index is 13.0. The second-order valence-electron chi connectivity index (χ2n) is 7.39. The molecule has 0 aliphatic carbocycles. The van der Waals surface area contributed by atoms with Crippen LogP contribution in [0, 0.1) is 0 Å². The van der Waals surface area contributed by atoms with Gasteiger partial charge in [0.05, 0.1) is 24.0 Å². The van der Waals surface area contributed by atoms with E-state index in [1.165, 1.54) is 4.31 Å². The number of hydrogen-bond acceptors (Lipinski definition) is 4. The summed E-state index contributed by atoms with van der Waals surface area (Å²) in [5.41, 5.74) is 1.19. The van der Waals surface area contributed by atoms with E-state index < -0.39 is 30.1 Å². The number of hydrogen-bond donors (Lipinski definition) is 0. The fraction of sp³-hybridized carbons (Fsp3) is 0.500. The van der Waals surface area contributed by atoms with Crippen LogP contribution in [0.5, 0.6) is 0 Å². The van der Waals surface area contributed by atoms with Crippen molar-refractivity contribution in [1.29, 1.82) is 0 Å². The van der Waals surface area contributed by atoms with Gasteiger partial charge in [-0.25, -0.2) is 13.2 Å². The van der Waals surface area contributed by atoms with Gasteiger partial charge in [0.15, 0.2) is 0 Å². The Morgan fingerprint density at radius 1 is 1.24 bits per heavy atom. The van der Waals surface area contributed by atoms with E-state index in [9.17, 15) is 13.2 Å². The maximum atomic E-state index is 13.0. The van der Waals surface area contributed by atoms with Crippen LogP contribution < -0.4 is 0 Å². The average molecular weight is 382 g/mol. The molecular weight excluding hydrogens is 354 g/mol.